The van der Waals surface area contributed by atoms with Gasteiger partial charge in [0.25, 0.3) is 0 Å². The smallest absolute Gasteiger partial charge is 0.241 e. The number of likely N-dealkylation sites (N-methyl/N-ethyl adjacent to an activating group) is 1. The summed E-state index contributed by atoms with van der Waals surface area (Å²) in [5.74, 6) is 1.14. The third kappa shape index (κ3) is 4.15. The zero-order valence-electron chi connectivity index (χ0n) is 13.0. The summed E-state index contributed by atoms with van der Waals surface area (Å²) in [7, 11) is 1.85. The summed E-state index contributed by atoms with van der Waals surface area (Å²) < 4.78 is 5.24. The zero-order valence-corrected chi connectivity index (χ0v) is 13.8. The van der Waals surface area contributed by atoms with E-state index in [9.17, 15) is 9.90 Å². The Hall–Kier alpha value is -1.77. The molecular formula is C15H20N4O3S. The number of thiophene rings is 1. The van der Waals surface area contributed by atoms with Crippen molar-refractivity contribution < 1.29 is 14.4 Å². The van der Waals surface area contributed by atoms with Crippen LogP contribution in [0.1, 0.15) is 18.7 Å². The highest BCUT2D eigenvalue weighted by molar-refractivity contribution is 7.08. The third-order valence-corrected chi connectivity index (χ3v) is 4.56. The molecule has 0 radical (unpaired) electrons. The van der Waals surface area contributed by atoms with Crippen LogP contribution >= 0.6 is 11.3 Å². The van der Waals surface area contributed by atoms with Crippen molar-refractivity contribution in [3.8, 4) is 11.4 Å². The minimum atomic E-state index is -0.273. The van der Waals surface area contributed by atoms with Gasteiger partial charge in [-0.25, -0.2) is 0 Å². The Kier molecular flexibility index (Phi) is 5.04. The van der Waals surface area contributed by atoms with Crippen molar-refractivity contribution in [2.24, 2.45) is 0 Å². The number of hydrogen-bond acceptors (Lipinski definition) is 7. The van der Waals surface area contributed by atoms with E-state index >= 15 is 0 Å². The molecule has 2 aromatic rings. The number of hydrogen-bond donors (Lipinski definition) is 1. The standard InChI is InChI=1S/C15H20N4O3S/c1-18(9-14(21)19-5-2-12(20)3-6-19)8-13-16-15(17-22-13)11-4-7-23-10-11/h4,7,10,12,20H,2-3,5-6,8-9H2,1H3. The van der Waals surface area contributed by atoms with Crippen molar-refractivity contribution in [2.45, 2.75) is 25.5 Å². The summed E-state index contributed by atoms with van der Waals surface area (Å²) in [6, 6.07) is 1.94. The molecule has 7 nitrogen and oxygen atoms in total. The first-order valence-electron chi connectivity index (χ1n) is 7.61. The van der Waals surface area contributed by atoms with Crippen molar-refractivity contribution in [3.63, 3.8) is 0 Å². The van der Waals surface area contributed by atoms with Gasteiger partial charge in [0, 0.05) is 24.0 Å². The van der Waals surface area contributed by atoms with Crippen LogP contribution in [0.4, 0.5) is 0 Å². The maximum atomic E-state index is 12.2. The van der Waals surface area contributed by atoms with Gasteiger partial charge in [0.1, 0.15) is 0 Å². The van der Waals surface area contributed by atoms with Gasteiger partial charge in [-0.05, 0) is 31.3 Å². The number of aromatic nitrogens is 2. The Morgan fingerprint density at radius 3 is 3.00 bits per heavy atom. The van der Waals surface area contributed by atoms with Gasteiger partial charge in [0.05, 0.1) is 19.2 Å². The first kappa shape index (κ1) is 16.1. The molecule has 0 atom stereocenters. The lowest BCUT2D eigenvalue weighted by Gasteiger charge is -2.30. The predicted octanol–water partition coefficient (Wildman–Crippen LogP) is 1.21. The predicted molar refractivity (Wildman–Crippen MR) is 85.8 cm³/mol. The molecule has 1 saturated heterocycles. The topological polar surface area (TPSA) is 82.7 Å². The van der Waals surface area contributed by atoms with Crippen molar-refractivity contribution in [3.05, 3.63) is 22.7 Å². The zero-order chi connectivity index (χ0) is 16.2. The molecule has 3 rings (SSSR count). The number of amides is 1. The number of nitrogens with zero attached hydrogens (tertiary/aromatic N) is 4. The normalized spacial score (nSPS) is 16.2. The molecule has 0 bridgehead atoms. The van der Waals surface area contributed by atoms with Crippen LogP contribution in [-0.2, 0) is 11.3 Å². The Balaban J connectivity index is 1.51. The van der Waals surface area contributed by atoms with Crippen LogP contribution in [0.2, 0.25) is 0 Å². The molecule has 1 aliphatic rings. The second-order valence-corrected chi connectivity index (χ2v) is 6.59. The Morgan fingerprint density at radius 1 is 1.52 bits per heavy atom. The molecule has 1 fully saturated rings. The number of aliphatic hydroxyl groups excluding tert-OH is 1. The van der Waals surface area contributed by atoms with E-state index in [0.29, 0.717) is 50.7 Å². The average molecular weight is 336 g/mol. The SMILES string of the molecule is CN(CC(=O)N1CCC(O)CC1)Cc1nc(-c2ccsc2)no1. The van der Waals surface area contributed by atoms with Crippen LogP contribution < -0.4 is 0 Å². The first-order valence-corrected chi connectivity index (χ1v) is 8.55. The van der Waals surface area contributed by atoms with Crippen LogP contribution in [0, 0.1) is 0 Å². The Morgan fingerprint density at radius 2 is 2.30 bits per heavy atom. The van der Waals surface area contributed by atoms with E-state index in [1.54, 1.807) is 16.2 Å². The molecule has 1 amide bonds. The van der Waals surface area contributed by atoms with Crippen LogP contribution in [0.3, 0.4) is 0 Å². The summed E-state index contributed by atoms with van der Waals surface area (Å²) in [6.45, 7) is 1.97. The first-order chi connectivity index (χ1) is 11.1. The largest absolute Gasteiger partial charge is 0.393 e. The number of likely N-dealkylation sites (tertiary alicyclic amines) is 1. The quantitative estimate of drug-likeness (QED) is 0.884. The fraction of sp³-hybridized carbons (Fsp3) is 0.533. The highest BCUT2D eigenvalue weighted by Crippen LogP contribution is 2.19. The van der Waals surface area contributed by atoms with Gasteiger partial charge in [-0.1, -0.05) is 5.16 Å². The maximum Gasteiger partial charge on any atom is 0.241 e. The molecule has 3 heterocycles. The van der Waals surface area contributed by atoms with Gasteiger partial charge < -0.3 is 14.5 Å². The number of aliphatic hydroxyl groups is 1. The van der Waals surface area contributed by atoms with E-state index in [0.717, 1.165) is 5.56 Å². The van der Waals surface area contributed by atoms with E-state index in [-0.39, 0.29) is 12.0 Å². The van der Waals surface area contributed by atoms with E-state index in [4.69, 9.17) is 4.52 Å². The molecule has 0 saturated carbocycles. The molecule has 8 heteroatoms. The second-order valence-electron chi connectivity index (χ2n) is 5.81. The summed E-state index contributed by atoms with van der Waals surface area (Å²) in [5.41, 5.74) is 0.940. The molecule has 0 aromatic carbocycles. The van der Waals surface area contributed by atoms with E-state index in [1.165, 1.54) is 0 Å². The summed E-state index contributed by atoms with van der Waals surface area (Å²) >= 11 is 1.58. The van der Waals surface area contributed by atoms with E-state index in [1.807, 2.05) is 28.8 Å². The number of carbonyl (C=O) groups excluding carboxylic acids is 1. The molecule has 0 spiro atoms. The van der Waals surface area contributed by atoms with E-state index in [2.05, 4.69) is 10.1 Å². The lowest BCUT2D eigenvalue weighted by Crippen LogP contribution is -2.44. The highest BCUT2D eigenvalue weighted by atomic mass is 32.1. The summed E-state index contributed by atoms with van der Waals surface area (Å²) in [6.07, 6.45) is 1.04. The molecule has 0 unspecified atom stereocenters. The van der Waals surface area contributed by atoms with Crippen LogP contribution in [0.15, 0.2) is 21.3 Å². The van der Waals surface area contributed by atoms with Gasteiger partial charge in [-0.2, -0.15) is 16.3 Å². The van der Waals surface area contributed by atoms with Gasteiger partial charge >= 0.3 is 0 Å². The van der Waals surface area contributed by atoms with Gasteiger partial charge in [0.15, 0.2) is 0 Å². The van der Waals surface area contributed by atoms with Crippen LogP contribution in [0.5, 0.6) is 0 Å². The molecule has 1 aliphatic heterocycles. The molecule has 124 valence electrons. The van der Waals surface area contributed by atoms with Gasteiger partial charge in [-0.3, -0.25) is 9.69 Å². The van der Waals surface area contributed by atoms with Crippen LogP contribution in [-0.4, -0.2) is 63.7 Å². The van der Waals surface area contributed by atoms with Gasteiger partial charge in [-0.15, -0.1) is 0 Å². The lowest BCUT2D eigenvalue weighted by atomic mass is 10.1. The molecule has 2 aromatic heterocycles. The average Bonchev–Trinajstić information content (AvgIpc) is 3.18. The fourth-order valence-corrected chi connectivity index (χ4v) is 3.20. The summed E-state index contributed by atoms with van der Waals surface area (Å²) in [4.78, 5) is 20.2. The molecule has 23 heavy (non-hydrogen) atoms. The highest BCUT2D eigenvalue weighted by Gasteiger charge is 2.22. The number of rotatable bonds is 5. The Labute approximate surface area is 138 Å². The molecular weight excluding hydrogens is 316 g/mol. The maximum absolute atomic E-state index is 12.2. The van der Waals surface area contributed by atoms with Crippen molar-refractivity contribution in [1.82, 2.24) is 19.9 Å². The minimum Gasteiger partial charge on any atom is -0.393 e. The van der Waals surface area contributed by atoms with Crippen molar-refractivity contribution in [1.29, 1.82) is 0 Å². The Bertz CT molecular complexity index is 635. The van der Waals surface area contributed by atoms with Crippen LogP contribution in [0.25, 0.3) is 11.4 Å². The monoisotopic (exact) mass is 336 g/mol. The summed E-state index contributed by atoms with van der Waals surface area (Å²) in [5, 5.41) is 17.4. The van der Waals surface area contributed by atoms with Crippen molar-refractivity contribution >= 4 is 17.2 Å². The minimum absolute atomic E-state index is 0.0666. The molecule has 1 N–H and O–H groups in total. The number of carbonyl (C=O) groups is 1. The fourth-order valence-electron chi connectivity index (χ4n) is 2.56. The number of piperidine rings is 1. The van der Waals surface area contributed by atoms with E-state index < -0.39 is 0 Å². The second kappa shape index (κ2) is 7.20. The third-order valence-electron chi connectivity index (χ3n) is 3.88. The van der Waals surface area contributed by atoms with Crippen molar-refractivity contribution in [2.75, 3.05) is 26.7 Å². The van der Waals surface area contributed by atoms with Gasteiger partial charge in [0.2, 0.25) is 17.6 Å². The lowest BCUT2D eigenvalue weighted by molar-refractivity contribution is -0.134. The molecule has 0 aliphatic carbocycles.